The molecule has 0 unspecified atom stereocenters. The fourth-order valence-electron chi connectivity index (χ4n) is 2.57. The third-order valence-corrected chi connectivity index (χ3v) is 3.82. The molecule has 1 aliphatic rings. The summed E-state index contributed by atoms with van der Waals surface area (Å²) >= 11 is 0. The summed E-state index contributed by atoms with van der Waals surface area (Å²) in [4.78, 5) is 14.2. The average molecular weight is 304 g/mol. The molecule has 0 atom stereocenters. The van der Waals surface area contributed by atoms with Crippen LogP contribution in [0.4, 0.5) is 5.69 Å². The second-order valence-corrected chi connectivity index (χ2v) is 6.38. The fraction of sp³-hybridized carbons (Fsp3) is 0.611. The predicted molar refractivity (Wildman–Crippen MR) is 90.3 cm³/mol. The molecule has 0 radical (unpaired) electrons. The zero-order chi connectivity index (χ0) is 15.8. The fourth-order valence-corrected chi connectivity index (χ4v) is 2.57. The van der Waals surface area contributed by atoms with Gasteiger partial charge in [-0.2, -0.15) is 0 Å². The summed E-state index contributed by atoms with van der Waals surface area (Å²) in [5.41, 5.74) is 0.935. The predicted octanol–water partition coefficient (Wildman–Crippen LogP) is 3.54. The minimum absolute atomic E-state index is 0.190. The molecular weight excluding hydrogens is 276 g/mol. The Morgan fingerprint density at radius 3 is 2.64 bits per heavy atom. The second kappa shape index (κ2) is 8.66. The van der Waals surface area contributed by atoms with Gasteiger partial charge in [-0.05, 0) is 30.9 Å². The Morgan fingerprint density at radius 1 is 1.23 bits per heavy atom. The van der Waals surface area contributed by atoms with E-state index >= 15 is 0 Å². The molecule has 0 spiro atoms. The van der Waals surface area contributed by atoms with Crippen molar-refractivity contribution in [2.75, 3.05) is 31.6 Å². The van der Waals surface area contributed by atoms with Crippen LogP contribution in [0, 0.1) is 5.92 Å². The van der Waals surface area contributed by atoms with Gasteiger partial charge in [-0.3, -0.25) is 4.79 Å². The lowest BCUT2D eigenvalue weighted by atomic mass is 10.2. The first-order valence-electron chi connectivity index (χ1n) is 8.39. The molecule has 2 rings (SSSR count). The van der Waals surface area contributed by atoms with Crippen molar-refractivity contribution in [2.45, 2.75) is 39.5 Å². The van der Waals surface area contributed by atoms with Gasteiger partial charge >= 0.3 is 0 Å². The van der Waals surface area contributed by atoms with E-state index in [-0.39, 0.29) is 5.91 Å². The Morgan fingerprint density at radius 2 is 1.95 bits per heavy atom. The van der Waals surface area contributed by atoms with E-state index < -0.39 is 0 Å². The molecule has 0 saturated carbocycles. The number of likely N-dealkylation sites (tertiary alicyclic amines) is 1. The van der Waals surface area contributed by atoms with E-state index in [1.54, 1.807) is 0 Å². The van der Waals surface area contributed by atoms with Gasteiger partial charge in [0.25, 0.3) is 0 Å². The van der Waals surface area contributed by atoms with Crippen LogP contribution in [-0.2, 0) is 4.79 Å². The maximum absolute atomic E-state index is 12.3. The number of ether oxygens (including phenoxy) is 1. The molecule has 1 aromatic carbocycles. The van der Waals surface area contributed by atoms with Crippen LogP contribution in [0.5, 0.6) is 5.75 Å². The molecule has 1 aromatic rings. The average Bonchev–Trinajstić information content (AvgIpc) is 2.80. The summed E-state index contributed by atoms with van der Waals surface area (Å²) < 4.78 is 5.71. The number of hydrogen-bond acceptors (Lipinski definition) is 3. The van der Waals surface area contributed by atoms with Gasteiger partial charge in [-0.1, -0.05) is 32.8 Å². The van der Waals surface area contributed by atoms with Crippen LogP contribution in [0.25, 0.3) is 0 Å². The normalized spacial score (nSPS) is 15.5. The highest BCUT2D eigenvalue weighted by molar-refractivity contribution is 5.81. The van der Waals surface area contributed by atoms with Crippen LogP contribution in [0.3, 0.4) is 0 Å². The number of nitrogens with one attached hydrogen (secondary N) is 1. The van der Waals surface area contributed by atoms with E-state index in [1.807, 2.05) is 29.2 Å². The second-order valence-electron chi connectivity index (χ2n) is 6.38. The lowest BCUT2D eigenvalue weighted by Gasteiger charge is -2.20. The first-order chi connectivity index (χ1) is 10.6. The van der Waals surface area contributed by atoms with Crippen LogP contribution < -0.4 is 10.1 Å². The number of hydrogen-bond donors (Lipinski definition) is 1. The summed E-state index contributed by atoms with van der Waals surface area (Å²) in [7, 11) is 0. The monoisotopic (exact) mass is 304 g/mol. The van der Waals surface area contributed by atoms with E-state index in [0.717, 1.165) is 37.4 Å². The summed E-state index contributed by atoms with van der Waals surface area (Å²) in [6.45, 7) is 7.11. The number of carbonyl (C=O) groups is 1. The van der Waals surface area contributed by atoms with Gasteiger partial charge in [-0.15, -0.1) is 0 Å². The van der Waals surface area contributed by atoms with E-state index in [2.05, 4.69) is 19.2 Å². The molecule has 1 heterocycles. The van der Waals surface area contributed by atoms with Crippen LogP contribution in [0.15, 0.2) is 24.3 Å². The molecule has 1 aliphatic heterocycles. The SMILES string of the molecule is CC(C)COc1cccc(NCC(=O)N2CCCCCC2)c1. The molecule has 0 aromatic heterocycles. The molecule has 0 aliphatic carbocycles. The maximum atomic E-state index is 12.3. The highest BCUT2D eigenvalue weighted by Crippen LogP contribution is 2.18. The Kier molecular flexibility index (Phi) is 6.56. The van der Waals surface area contributed by atoms with E-state index in [1.165, 1.54) is 12.8 Å². The molecule has 1 fully saturated rings. The Hall–Kier alpha value is -1.71. The third-order valence-electron chi connectivity index (χ3n) is 3.82. The van der Waals surface area contributed by atoms with Gasteiger partial charge in [-0.25, -0.2) is 0 Å². The molecule has 4 heteroatoms. The van der Waals surface area contributed by atoms with Crippen molar-refractivity contribution in [3.8, 4) is 5.75 Å². The van der Waals surface area contributed by atoms with E-state index in [0.29, 0.717) is 19.1 Å². The highest BCUT2D eigenvalue weighted by atomic mass is 16.5. The minimum Gasteiger partial charge on any atom is -0.493 e. The van der Waals surface area contributed by atoms with Crippen molar-refractivity contribution in [3.63, 3.8) is 0 Å². The molecule has 1 N–H and O–H groups in total. The molecular formula is C18H28N2O2. The van der Waals surface area contributed by atoms with Crippen LogP contribution in [0.1, 0.15) is 39.5 Å². The number of nitrogens with zero attached hydrogens (tertiary/aromatic N) is 1. The molecule has 122 valence electrons. The van der Waals surface area contributed by atoms with Crippen molar-refractivity contribution in [2.24, 2.45) is 5.92 Å². The number of anilines is 1. The Labute approximate surface area is 133 Å². The summed E-state index contributed by atoms with van der Waals surface area (Å²) in [5, 5.41) is 3.22. The van der Waals surface area contributed by atoms with Crippen molar-refractivity contribution in [3.05, 3.63) is 24.3 Å². The van der Waals surface area contributed by atoms with Gasteiger partial charge in [0.1, 0.15) is 5.75 Å². The molecule has 4 nitrogen and oxygen atoms in total. The smallest absolute Gasteiger partial charge is 0.241 e. The molecule has 22 heavy (non-hydrogen) atoms. The van der Waals surface area contributed by atoms with Crippen molar-refractivity contribution < 1.29 is 9.53 Å². The van der Waals surface area contributed by atoms with Crippen molar-refractivity contribution >= 4 is 11.6 Å². The Balaban J connectivity index is 1.82. The quantitative estimate of drug-likeness (QED) is 0.874. The minimum atomic E-state index is 0.190. The number of benzene rings is 1. The largest absolute Gasteiger partial charge is 0.493 e. The summed E-state index contributed by atoms with van der Waals surface area (Å²) in [5.74, 6) is 1.54. The maximum Gasteiger partial charge on any atom is 0.241 e. The van der Waals surface area contributed by atoms with E-state index in [4.69, 9.17) is 4.74 Å². The van der Waals surface area contributed by atoms with Crippen molar-refractivity contribution in [1.82, 2.24) is 4.90 Å². The van der Waals surface area contributed by atoms with Gasteiger partial charge in [0.05, 0.1) is 13.2 Å². The summed E-state index contributed by atoms with van der Waals surface area (Å²) in [6, 6.07) is 7.83. The Bertz CT molecular complexity index is 466. The zero-order valence-corrected chi connectivity index (χ0v) is 13.8. The number of amides is 1. The molecule has 1 amide bonds. The standard InChI is InChI=1S/C18H28N2O2/c1-15(2)14-22-17-9-7-8-16(12-17)19-13-18(21)20-10-5-3-4-6-11-20/h7-9,12,15,19H,3-6,10-11,13-14H2,1-2H3. The lowest BCUT2D eigenvalue weighted by molar-refractivity contribution is -0.129. The highest BCUT2D eigenvalue weighted by Gasteiger charge is 2.14. The van der Waals surface area contributed by atoms with Gasteiger partial charge < -0.3 is 15.0 Å². The van der Waals surface area contributed by atoms with E-state index in [9.17, 15) is 4.79 Å². The van der Waals surface area contributed by atoms with Crippen molar-refractivity contribution in [1.29, 1.82) is 0 Å². The number of rotatable bonds is 6. The van der Waals surface area contributed by atoms with Crippen LogP contribution >= 0.6 is 0 Å². The van der Waals surface area contributed by atoms with Crippen LogP contribution in [0.2, 0.25) is 0 Å². The molecule has 1 saturated heterocycles. The van der Waals surface area contributed by atoms with Crippen LogP contribution in [-0.4, -0.2) is 37.0 Å². The van der Waals surface area contributed by atoms with Gasteiger partial charge in [0.15, 0.2) is 0 Å². The topological polar surface area (TPSA) is 41.6 Å². The lowest BCUT2D eigenvalue weighted by Crippen LogP contribution is -2.36. The van der Waals surface area contributed by atoms with Gasteiger partial charge in [0, 0.05) is 24.8 Å². The summed E-state index contributed by atoms with van der Waals surface area (Å²) in [6.07, 6.45) is 4.74. The third kappa shape index (κ3) is 5.58. The van der Waals surface area contributed by atoms with Gasteiger partial charge in [0.2, 0.25) is 5.91 Å². The zero-order valence-electron chi connectivity index (χ0n) is 13.8. The molecule has 0 bridgehead atoms. The number of carbonyl (C=O) groups excluding carboxylic acids is 1. The first kappa shape index (κ1) is 16.7. The first-order valence-corrected chi connectivity index (χ1v) is 8.39.